The highest BCUT2D eigenvalue weighted by molar-refractivity contribution is 6.35. The van der Waals surface area contributed by atoms with Crippen LogP contribution in [0.4, 0.5) is 0 Å². The van der Waals surface area contributed by atoms with Crippen molar-refractivity contribution in [2.45, 2.75) is 0 Å². The third-order valence-corrected chi connectivity index (χ3v) is 27.9. The van der Waals surface area contributed by atoms with Crippen LogP contribution >= 0.6 is 0 Å². The van der Waals surface area contributed by atoms with E-state index in [1.165, 1.54) is 197 Å². The van der Waals surface area contributed by atoms with Gasteiger partial charge >= 0.3 is 0 Å². The fraction of sp³-hybridized carbons (Fsp3) is 0. The summed E-state index contributed by atoms with van der Waals surface area (Å²) in [5.74, 6) is 3.27. The Balaban J connectivity index is 0.0000000898. The van der Waals surface area contributed by atoms with Crippen LogP contribution in [0, 0.1) is 0 Å². The Hall–Kier alpha value is -18.1. The van der Waals surface area contributed by atoms with E-state index in [4.69, 9.17) is 15.0 Å². The lowest BCUT2D eigenvalue weighted by Crippen LogP contribution is -2.04. The van der Waals surface area contributed by atoms with Crippen LogP contribution in [-0.2, 0) is 0 Å². The van der Waals surface area contributed by atoms with Gasteiger partial charge in [0.25, 0.3) is 0 Å². The van der Waals surface area contributed by atoms with Gasteiger partial charge in [-0.3, -0.25) is 18.3 Å². The summed E-state index contributed by atoms with van der Waals surface area (Å²) < 4.78 is 9.10. The number of pyridine rings is 2. The summed E-state index contributed by atoms with van der Waals surface area (Å²) in [5.41, 5.74) is 35.9. The van der Waals surface area contributed by atoms with Crippen LogP contribution < -0.4 is 0 Å². The maximum Gasteiger partial charge on any atom is 0.235 e. The number of fused-ring (bicyclic) bond motifs is 12. The molecule has 0 aliphatic heterocycles. The van der Waals surface area contributed by atoms with Crippen molar-refractivity contribution in [2.24, 2.45) is 0 Å². The fourth-order valence-corrected chi connectivity index (χ4v) is 22.5. The van der Waals surface area contributed by atoms with Gasteiger partial charge in [-0.1, -0.05) is 346 Å². The summed E-state index contributed by atoms with van der Waals surface area (Å²) in [6.45, 7) is 0. The van der Waals surface area contributed by atoms with Crippen molar-refractivity contribution in [1.82, 2.24) is 48.2 Å². The first-order valence-corrected chi connectivity index (χ1v) is 45.6. The first-order valence-electron chi connectivity index (χ1n) is 45.6. The van der Waals surface area contributed by atoms with E-state index in [0.717, 1.165) is 67.5 Å². The standard InChI is InChI=1S/C38H23N3.C33H20N2.C27H16N2.C26H15N3/c1-3-11-24(12-4-1)31-23-32(25-13-5-2-6-14-25)40-38(39-31)41-33-20-10-19-30-28-17-8-7-16-27(28)29-18-9-15-26-21-22-34(41)37(35(26)29)36(30)33;1-2-9-21(10-3-1)27-16-8-18-30(34-27)35-28-17-7-15-26-24-13-5-4-12-23(24)25-14-6-11-22-19-20-29(35)33(31(22)25)32(26)28;1-2-9-19-18(8-1)20-10-5-7-17-14-15-23-27(25(17)20)26-21(19)11-6-12-22(26)29(23)24-13-3-4-16-28-24;1-2-8-18-17(7-1)19-9-3-6-16-12-13-22-25(23(16)19)24-20(18)10-4-11-21(24)29(22)26-27-14-5-15-28-26/h1-23H;1-20H;1-16H;1-15H. The Kier molecular flexibility index (Phi) is 16.6. The lowest BCUT2D eigenvalue weighted by Gasteiger charge is -2.14. The molecular weight excluding hydrogens is 1630 g/mol. The quantitative estimate of drug-likeness (QED) is 0.158. The summed E-state index contributed by atoms with van der Waals surface area (Å²) in [4.78, 5) is 29.4. The zero-order valence-electron chi connectivity index (χ0n) is 72.2. The van der Waals surface area contributed by atoms with Gasteiger partial charge in [0.1, 0.15) is 11.6 Å². The molecule has 0 atom stereocenters. The Bertz CT molecular complexity index is 9330. The predicted octanol–water partition coefficient (Wildman–Crippen LogP) is 31.7. The Morgan fingerprint density at radius 2 is 0.403 bits per heavy atom. The molecule has 0 N–H and O–H groups in total. The second kappa shape index (κ2) is 29.7. The van der Waals surface area contributed by atoms with Crippen LogP contribution in [0.25, 0.3) is 277 Å². The van der Waals surface area contributed by atoms with E-state index in [0.29, 0.717) is 11.9 Å². The second-order valence-corrected chi connectivity index (χ2v) is 34.9. The van der Waals surface area contributed by atoms with E-state index in [1.54, 1.807) is 12.4 Å². The minimum Gasteiger partial charge on any atom is -0.294 e. The number of aromatic nitrogens is 10. The molecule has 4 aliphatic rings. The molecule has 10 nitrogen and oxygen atoms in total. The fourth-order valence-electron chi connectivity index (χ4n) is 22.5. The first-order chi connectivity index (χ1) is 66.6. The summed E-state index contributed by atoms with van der Waals surface area (Å²) in [6, 6.07) is 154. The van der Waals surface area contributed by atoms with Crippen molar-refractivity contribution in [2.75, 3.05) is 0 Å². The Labute approximate surface area is 768 Å². The maximum absolute atomic E-state index is 5.22. The number of hydrogen-bond donors (Lipinski definition) is 0. The first kappa shape index (κ1) is 74.9. The van der Waals surface area contributed by atoms with Crippen molar-refractivity contribution in [1.29, 1.82) is 0 Å². The van der Waals surface area contributed by atoms with Crippen molar-refractivity contribution >= 4 is 130 Å². The van der Waals surface area contributed by atoms with E-state index in [-0.39, 0.29) is 0 Å². The van der Waals surface area contributed by atoms with Crippen LogP contribution in [0.1, 0.15) is 0 Å². The Morgan fingerprint density at radius 1 is 0.142 bits per heavy atom. The van der Waals surface area contributed by atoms with E-state index < -0.39 is 0 Å². The highest BCUT2D eigenvalue weighted by Gasteiger charge is 2.32. The van der Waals surface area contributed by atoms with Gasteiger partial charge in [0.05, 0.1) is 61.2 Å². The van der Waals surface area contributed by atoms with Crippen molar-refractivity contribution < 1.29 is 0 Å². The molecule has 620 valence electrons. The Morgan fingerprint density at radius 3 is 0.754 bits per heavy atom. The molecule has 8 heterocycles. The van der Waals surface area contributed by atoms with E-state index in [2.05, 4.69) is 434 Å². The second-order valence-electron chi connectivity index (χ2n) is 34.9. The van der Waals surface area contributed by atoms with Gasteiger partial charge in [0.2, 0.25) is 11.9 Å². The SMILES string of the molecule is c1ccc(-c2cc(-c3ccccc3)nc(-n3c4cccc5c4c4c6c(cccc6ccc43)-c3ccccc3-5)n2)cc1.c1ccc(-c2cccc(-n3c4cccc5c4c4c6c(cccc6ccc43)-c3ccccc3-5)n2)cc1.c1ccc(-n2c3cccc4c3c3c5c(cccc5ccc32)-c2ccccc2-4)nc1.c1cnc(-n2c3cccc4c3c3c5c(cccc5ccc32)-c2ccccc2-4)nc1. The average Bonchev–Trinajstić information content (AvgIpc) is 1.55. The zero-order valence-corrected chi connectivity index (χ0v) is 72.2. The molecule has 0 fully saturated rings. The molecule has 134 heavy (non-hydrogen) atoms. The van der Waals surface area contributed by atoms with E-state index in [1.807, 2.05) is 36.5 Å². The van der Waals surface area contributed by atoms with Crippen molar-refractivity contribution in [3.05, 3.63) is 449 Å². The lowest BCUT2D eigenvalue weighted by atomic mass is 9.93. The normalized spacial score (nSPS) is 12.0. The third kappa shape index (κ3) is 11.2. The molecule has 0 radical (unpaired) electrons. The molecule has 31 rings (SSSR count). The molecule has 27 aromatic rings. The monoisotopic (exact) mass is 1700 g/mol. The molecule has 0 unspecified atom stereocenters. The zero-order chi connectivity index (χ0) is 87.7. The van der Waals surface area contributed by atoms with Crippen LogP contribution in [0.2, 0.25) is 0 Å². The third-order valence-electron chi connectivity index (χ3n) is 27.9. The lowest BCUT2D eigenvalue weighted by molar-refractivity contribution is 0.989. The van der Waals surface area contributed by atoms with Gasteiger partial charge < -0.3 is 0 Å². The number of rotatable bonds is 7. The van der Waals surface area contributed by atoms with Crippen molar-refractivity contribution in [3.8, 4) is 146 Å². The van der Waals surface area contributed by atoms with Gasteiger partial charge in [-0.2, -0.15) is 0 Å². The summed E-state index contributed by atoms with van der Waals surface area (Å²) in [7, 11) is 0. The van der Waals surface area contributed by atoms with Crippen LogP contribution in [0.5, 0.6) is 0 Å². The van der Waals surface area contributed by atoms with Crippen LogP contribution in [-0.4, -0.2) is 48.2 Å². The van der Waals surface area contributed by atoms with Crippen LogP contribution in [0.15, 0.2) is 449 Å². The largest absolute Gasteiger partial charge is 0.294 e. The number of nitrogens with zero attached hydrogens (tertiary/aromatic N) is 10. The molecular formula is C124H74N10. The minimum absolute atomic E-state index is 0.674. The van der Waals surface area contributed by atoms with Crippen LogP contribution in [0.3, 0.4) is 0 Å². The molecule has 0 bridgehead atoms. The highest BCUT2D eigenvalue weighted by Crippen LogP contribution is 2.56. The summed E-state index contributed by atoms with van der Waals surface area (Å²) >= 11 is 0. The number of hydrogen-bond acceptors (Lipinski definition) is 6. The maximum atomic E-state index is 5.22. The number of benzene rings is 19. The summed E-state index contributed by atoms with van der Waals surface area (Å²) in [5, 5.41) is 20.6. The molecule has 8 aromatic heterocycles. The molecule has 10 heteroatoms. The van der Waals surface area contributed by atoms with E-state index >= 15 is 0 Å². The van der Waals surface area contributed by atoms with Gasteiger partial charge in [0.15, 0.2) is 0 Å². The molecule has 0 spiro atoms. The highest BCUT2D eigenvalue weighted by atomic mass is 15.2. The minimum atomic E-state index is 0.674. The average molecular weight is 1700 g/mol. The molecule has 0 amide bonds. The predicted molar refractivity (Wildman–Crippen MR) is 554 cm³/mol. The molecule has 19 aromatic carbocycles. The van der Waals surface area contributed by atoms with Gasteiger partial charge in [-0.05, 0) is 217 Å². The van der Waals surface area contributed by atoms with Gasteiger partial charge in [-0.15, -0.1) is 0 Å². The summed E-state index contributed by atoms with van der Waals surface area (Å²) in [6.07, 6.45) is 5.47. The molecule has 4 aliphatic carbocycles. The van der Waals surface area contributed by atoms with Gasteiger partial charge in [0, 0.05) is 78.4 Å². The van der Waals surface area contributed by atoms with Crippen molar-refractivity contribution in [3.63, 3.8) is 0 Å². The molecule has 0 saturated heterocycles. The topological polar surface area (TPSA) is 97.1 Å². The smallest absolute Gasteiger partial charge is 0.235 e. The van der Waals surface area contributed by atoms with E-state index in [9.17, 15) is 0 Å². The molecule has 0 saturated carbocycles. The van der Waals surface area contributed by atoms with Gasteiger partial charge in [-0.25, -0.2) is 29.9 Å².